The molecule has 2 atom stereocenters. The molecule has 0 amide bonds. The predicted octanol–water partition coefficient (Wildman–Crippen LogP) is 1.11. The second-order valence-corrected chi connectivity index (χ2v) is 7.11. The summed E-state index contributed by atoms with van der Waals surface area (Å²) in [6.07, 6.45) is 4.39. The molecule has 1 aliphatic heterocycles. The van der Waals surface area contributed by atoms with Gasteiger partial charge in [-0.15, -0.1) is 11.3 Å². The van der Waals surface area contributed by atoms with E-state index in [0.717, 1.165) is 11.4 Å². The molecule has 2 N–H and O–H groups in total. The molecule has 8 heteroatoms. The zero-order valence-corrected chi connectivity index (χ0v) is 14.4. The standard InChI is InChI=1S/C17H17N5O2S/c1-10-6-22(17-19-4-5-25-17)16-12(15(10)24)2-3-14(20-16)21-7-11(9-23)13(18)8-21/h2-6,9,11,13H,7-8,18H2,1H3/t11-,13+/m1/s1. The average Bonchev–Trinajstić information content (AvgIpc) is 3.27. The molecule has 4 rings (SSSR count). The van der Waals surface area contributed by atoms with Crippen LogP contribution in [0.5, 0.6) is 0 Å². The van der Waals surface area contributed by atoms with Gasteiger partial charge in [-0.05, 0) is 19.1 Å². The van der Waals surface area contributed by atoms with Crippen LogP contribution in [0.4, 0.5) is 5.82 Å². The lowest BCUT2D eigenvalue weighted by Gasteiger charge is -2.18. The number of fused-ring (bicyclic) bond motifs is 1. The highest BCUT2D eigenvalue weighted by Gasteiger charge is 2.30. The molecule has 128 valence electrons. The quantitative estimate of drug-likeness (QED) is 0.708. The molecule has 25 heavy (non-hydrogen) atoms. The Bertz CT molecular complexity index is 998. The molecule has 0 bridgehead atoms. The van der Waals surface area contributed by atoms with Crippen molar-refractivity contribution in [2.75, 3.05) is 18.0 Å². The summed E-state index contributed by atoms with van der Waals surface area (Å²) in [5.74, 6) is 0.512. The highest BCUT2D eigenvalue weighted by Crippen LogP contribution is 2.24. The van der Waals surface area contributed by atoms with Crippen LogP contribution in [0, 0.1) is 12.8 Å². The van der Waals surface area contributed by atoms with Gasteiger partial charge in [0.05, 0.1) is 5.39 Å². The summed E-state index contributed by atoms with van der Waals surface area (Å²) >= 11 is 1.48. The summed E-state index contributed by atoms with van der Waals surface area (Å²) in [5.41, 5.74) is 7.18. The van der Waals surface area contributed by atoms with E-state index in [1.54, 1.807) is 25.4 Å². The number of nitrogens with zero attached hydrogens (tertiary/aromatic N) is 4. The van der Waals surface area contributed by atoms with Crippen LogP contribution in [-0.2, 0) is 4.79 Å². The Balaban J connectivity index is 1.88. The molecule has 1 aliphatic rings. The van der Waals surface area contributed by atoms with E-state index in [9.17, 15) is 9.59 Å². The van der Waals surface area contributed by atoms with Crippen LogP contribution in [0.1, 0.15) is 5.56 Å². The second-order valence-electron chi connectivity index (χ2n) is 6.24. The minimum Gasteiger partial charge on any atom is -0.354 e. The summed E-state index contributed by atoms with van der Waals surface area (Å²) in [6.45, 7) is 2.89. The number of nitrogens with two attached hydrogens (primary N) is 1. The minimum absolute atomic E-state index is 0.0363. The van der Waals surface area contributed by atoms with Gasteiger partial charge in [0.25, 0.3) is 0 Å². The van der Waals surface area contributed by atoms with Gasteiger partial charge in [-0.3, -0.25) is 9.36 Å². The zero-order valence-electron chi connectivity index (χ0n) is 13.6. The first-order valence-corrected chi connectivity index (χ1v) is 8.85. The Labute approximate surface area is 147 Å². The maximum absolute atomic E-state index is 12.5. The Kier molecular flexibility index (Phi) is 3.85. The average molecular weight is 355 g/mol. The first kappa shape index (κ1) is 15.9. The van der Waals surface area contributed by atoms with Crippen LogP contribution in [0.15, 0.2) is 34.7 Å². The van der Waals surface area contributed by atoms with Crippen LogP contribution in [0.3, 0.4) is 0 Å². The number of aryl methyl sites for hydroxylation is 1. The maximum atomic E-state index is 12.5. The predicted molar refractivity (Wildman–Crippen MR) is 97.5 cm³/mol. The molecule has 0 radical (unpaired) electrons. The van der Waals surface area contributed by atoms with Crippen molar-refractivity contribution in [3.05, 3.63) is 45.7 Å². The second kappa shape index (κ2) is 6.05. The highest BCUT2D eigenvalue weighted by atomic mass is 32.1. The van der Waals surface area contributed by atoms with Crippen LogP contribution >= 0.6 is 11.3 Å². The number of rotatable bonds is 3. The van der Waals surface area contributed by atoms with Crippen LogP contribution in [0.25, 0.3) is 16.2 Å². The number of pyridine rings is 2. The molecule has 1 fully saturated rings. The fourth-order valence-corrected chi connectivity index (χ4v) is 3.79. The van der Waals surface area contributed by atoms with Crippen molar-refractivity contribution in [2.24, 2.45) is 11.7 Å². The monoisotopic (exact) mass is 355 g/mol. The van der Waals surface area contributed by atoms with E-state index in [-0.39, 0.29) is 17.4 Å². The molecule has 0 unspecified atom stereocenters. The van der Waals surface area contributed by atoms with Gasteiger partial charge in [0.2, 0.25) is 0 Å². The molecule has 0 aliphatic carbocycles. The lowest BCUT2D eigenvalue weighted by Crippen LogP contribution is -2.30. The summed E-state index contributed by atoms with van der Waals surface area (Å²) in [4.78, 5) is 34.6. The molecule has 3 aromatic rings. The Morgan fingerprint density at radius 1 is 1.36 bits per heavy atom. The number of aromatic nitrogens is 3. The van der Waals surface area contributed by atoms with Crippen molar-refractivity contribution >= 4 is 34.5 Å². The van der Waals surface area contributed by atoms with Gasteiger partial charge in [-0.25, -0.2) is 9.97 Å². The molecule has 3 aromatic heterocycles. The Morgan fingerprint density at radius 2 is 2.20 bits per heavy atom. The third-order valence-corrected chi connectivity index (χ3v) is 5.32. The van der Waals surface area contributed by atoms with E-state index in [1.807, 2.05) is 20.9 Å². The summed E-state index contributed by atoms with van der Waals surface area (Å²) in [6, 6.07) is 3.40. The topological polar surface area (TPSA) is 94.1 Å². The van der Waals surface area contributed by atoms with Gasteiger partial charge >= 0.3 is 0 Å². The molecular weight excluding hydrogens is 338 g/mol. The fourth-order valence-electron chi connectivity index (χ4n) is 3.17. The molecule has 1 saturated heterocycles. The molecule has 4 heterocycles. The molecule has 0 saturated carbocycles. The normalized spacial score (nSPS) is 20.3. The third kappa shape index (κ3) is 2.63. The zero-order chi connectivity index (χ0) is 17.6. The van der Waals surface area contributed by atoms with E-state index in [4.69, 9.17) is 10.7 Å². The van der Waals surface area contributed by atoms with Crippen molar-refractivity contribution in [1.29, 1.82) is 0 Å². The van der Waals surface area contributed by atoms with E-state index in [1.165, 1.54) is 11.3 Å². The van der Waals surface area contributed by atoms with Gasteiger partial charge in [-0.2, -0.15) is 0 Å². The Hall–Kier alpha value is -2.58. The first-order chi connectivity index (χ1) is 12.1. The largest absolute Gasteiger partial charge is 0.354 e. The number of carbonyl (C=O) groups is 1. The van der Waals surface area contributed by atoms with E-state index in [0.29, 0.717) is 35.5 Å². The lowest BCUT2D eigenvalue weighted by molar-refractivity contribution is -0.110. The maximum Gasteiger partial charge on any atom is 0.195 e. The van der Waals surface area contributed by atoms with Crippen molar-refractivity contribution < 1.29 is 4.79 Å². The first-order valence-electron chi connectivity index (χ1n) is 7.97. The van der Waals surface area contributed by atoms with Crippen LogP contribution in [0.2, 0.25) is 0 Å². The lowest BCUT2D eigenvalue weighted by atomic mass is 10.1. The van der Waals surface area contributed by atoms with Crippen LogP contribution < -0.4 is 16.1 Å². The van der Waals surface area contributed by atoms with Crippen molar-refractivity contribution in [2.45, 2.75) is 13.0 Å². The number of carbonyl (C=O) groups excluding carboxylic acids is 1. The molecular formula is C17H17N5O2S. The van der Waals surface area contributed by atoms with Crippen LogP contribution in [-0.4, -0.2) is 40.0 Å². The minimum atomic E-state index is -0.200. The highest BCUT2D eigenvalue weighted by molar-refractivity contribution is 7.12. The van der Waals surface area contributed by atoms with E-state index < -0.39 is 0 Å². The smallest absolute Gasteiger partial charge is 0.195 e. The van der Waals surface area contributed by atoms with Crippen molar-refractivity contribution in [3.63, 3.8) is 0 Å². The molecule has 0 spiro atoms. The van der Waals surface area contributed by atoms with E-state index >= 15 is 0 Å². The van der Waals surface area contributed by atoms with Gasteiger partial charge < -0.3 is 15.4 Å². The number of anilines is 1. The fraction of sp³-hybridized carbons (Fsp3) is 0.294. The van der Waals surface area contributed by atoms with Gasteiger partial charge in [0.1, 0.15) is 12.1 Å². The molecule has 0 aromatic carbocycles. The summed E-state index contributed by atoms with van der Waals surface area (Å²) in [7, 11) is 0. The van der Waals surface area contributed by atoms with Crippen molar-refractivity contribution in [3.8, 4) is 5.13 Å². The summed E-state index contributed by atoms with van der Waals surface area (Å²) in [5, 5.41) is 3.18. The summed E-state index contributed by atoms with van der Waals surface area (Å²) < 4.78 is 1.84. The SMILES string of the molecule is Cc1cn(-c2nccs2)c2nc(N3C[C@H](N)[C@@H](C=O)C3)ccc2c1=O. The number of thiazole rings is 1. The number of hydrogen-bond donors (Lipinski definition) is 1. The molecule has 7 nitrogen and oxygen atoms in total. The van der Waals surface area contributed by atoms with Crippen molar-refractivity contribution in [1.82, 2.24) is 14.5 Å². The number of aldehydes is 1. The third-order valence-electron chi connectivity index (χ3n) is 4.55. The van der Waals surface area contributed by atoms with Gasteiger partial charge in [0, 0.05) is 48.4 Å². The van der Waals surface area contributed by atoms with Gasteiger partial charge in [-0.1, -0.05) is 0 Å². The number of hydrogen-bond acceptors (Lipinski definition) is 7. The van der Waals surface area contributed by atoms with E-state index in [2.05, 4.69) is 4.98 Å². The van der Waals surface area contributed by atoms with Gasteiger partial charge in [0.15, 0.2) is 16.2 Å². The Morgan fingerprint density at radius 3 is 2.88 bits per heavy atom.